The second kappa shape index (κ2) is 11.0. The molecule has 1 aliphatic rings. The quantitative estimate of drug-likeness (QED) is 0.248. The van der Waals surface area contributed by atoms with Crippen LogP contribution in [0.25, 0.3) is 0 Å². The van der Waals surface area contributed by atoms with Crippen LogP contribution in [-0.2, 0) is 31.5 Å². The normalized spacial score (nSPS) is 13.1. The summed E-state index contributed by atoms with van der Waals surface area (Å²) in [4.78, 5) is 20.9. The minimum Gasteiger partial charge on any atom is -0.356 e. The third kappa shape index (κ3) is 6.21. The fourth-order valence-electron chi connectivity index (χ4n) is 3.53. The molecule has 6 nitrogen and oxygen atoms in total. The highest BCUT2D eigenvalue weighted by molar-refractivity contribution is 14.0. The number of nitrogens with zero attached hydrogens (tertiary/aromatic N) is 4. The summed E-state index contributed by atoms with van der Waals surface area (Å²) in [5.74, 6) is 1.05. The van der Waals surface area contributed by atoms with Crippen LogP contribution >= 0.6 is 39.9 Å². The van der Waals surface area contributed by atoms with Gasteiger partial charge < -0.3 is 19.7 Å². The Bertz CT molecular complexity index is 842. The molecule has 0 fully saturated rings. The van der Waals surface area contributed by atoms with Gasteiger partial charge >= 0.3 is 0 Å². The molecule has 1 aromatic heterocycles. The maximum Gasteiger partial charge on any atom is 0.223 e. The van der Waals surface area contributed by atoms with E-state index >= 15 is 0 Å². The first kappa shape index (κ1) is 23.7. The second-order valence-electron chi connectivity index (χ2n) is 7.21. The molecule has 158 valence electrons. The van der Waals surface area contributed by atoms with Crippen LogP contribution < -0.4 is 5.32 Å². The van der Waals surface area contributed by atoms with E-state index in [-0.39, 0.29) is 29.9 Å². The van der Waals surface area contributed by atoms with E-state index in [1.54, 1.807) is 7.05 Å². The molecule has 1 aromatic carbocycles. The van der Waals surface area contributed by atoms with Crippen LogP contribution in [0.5, 0.6) is 0 Å². The summed E-state index contributed by atoms with van der Waals surface area (Å²) in [6.45, 7) is 2.95. The van der Waals surface area contributed by atoms with Crippen LogP contribution in [0.1, 0.15) is 29.7 Å². The van der Waals surface area contributed by atoms with Crippen molar-refractivity contribution < 1.29 is 4.79 Å². The number of hydrogen-bond donors (Lipinski definition) is 1. The number of aliphatic imine (C=N–C) groups is 1. The molecule has 0 spiro atoms. The van der Waals surface area contributed by atoms with Crippen molar-refractivity contribution in [2.75, 3.05) is 20.6 Å². The molecule has 1 N–H and O–H groups in total. The standard InChI is InChI=1S/C21H28BrN5O.HI/c1-23-21(26(3)15-19-11-18(22)14-25(19)2)24-10-6-9-20(28)27-12-16-7-4-5-8-17(16)13-27;/h4-5,7-8,11,14H,6,9-10,12-13,15H2,1-3H3,(H,23,24);1H. The molecule has 0 aliphatic carbocycles. The van der Waals surface area contributed by atoms with Gasteiger partial charge in [-0.25, -0.2) is 0 Å². The maximum atomic E-state index is 12.5. The minimum absolute atomic E-state index is 0. The number of amides is 1. The predicted molar refractivity (Wildman–Crippen MR) is 131 cm³/mol. The summed E-state index contributed by atoms with van der Waals surface area (Å²) in [5, 5.41) is 3.36. The van der Waals surface area contributed by atoms with Crippen molar-refractivity contribution in [1.29, 1.82) is 0 Å². The summed E-state index contributed by atoms with van der Waals surface area (Å²) >= 11 is 3.51. The molecule has 29 heavy (non-hydrogen) atoms. The fraction of sp³-hybridized carbons (Fsp3) is 0.429. The monoisotopic (exact) mass is 573 g/mol. The minimum atomic E-state index is 0. The van der Waals surface area contributed by atoms with Crippen LogP contribution in [0.4, 0.5) is 0 Å². The van der Waals surface area contributed by atoms with E-state index in [9.17, 15) is 4.79 Å². The Morgan fingerprint density at radius 3 is 2.48 bits per heavy atom. The molecule has 0 atom stereocenters. The van der Waals surface area contributed by atoms with Crippen molar-refractivity contribution in [3.63, 3.8) is 0 Å². The average molecular weight is 574 g/mol. The number of fused-ring (bicyclic) bond motifs is 1. The van der Waals surface area contributed by atoms with E-state index in [4.69, 9.17) is 0 Å². The Labute approximate surface area is 198 Å². The van der Waals surface area contributed by atoms with Crippen molar-refractivity contribution in [1.82, 2.24) is 19.7 Å². The van der Waals surface area contributed by atoms with Gasteiger partial charge in [0, 0.05) is 63.6 Å². The van der Waals surface area contributed by atoms with Crippen LogP contribution in [0.2, 0.25) is 0 Å². The number of aryl methyl sites for hydroxylation is 1. The molecule has 0 radical (unpaired) electrons. The van der Waals surface area contributed by atoms with Crippen LogP contribution in [-0.4, -0.2) is 46.9 Å². The molecular formula is C21H29BrIN5O. The number of guanidine groups is 1. The number of carbonyl (C=O) groups is 1. The smallest absolute Gasteiger partial charge is 0.223 e. The molecule has 1 aliphatic heterocycles. The predicted octanol–water partition coefficient (Wildman–Crippen LogP) is 3.74. The van der Waals surface area contributed by atoms with Crippen molar-refractivity contribution in [2.24, 2.45) is 12.0 Å². The molecule has 0 saturated carbocycles. The van der Waals surface area contributed by atoms with Gasteiger partial charge in [0.2, 0.25) is 5.91 Å². The van der Waals surface area contributed by atoms with Gasteiger partial charge in [-0.05, 0) is 39.5 Å². The van der Waals surface area contributed by atoms with E-state index in [2.05, 4.69) is 53.9 Å². The number of benzene rings is 1. The number of hydrogen-bond acceptors (Lipinski definition) is 2. The van der Waals surface area contributed by atoms with Crippen molar-refractivity contribution in [3.8, 4) is 0 Å². The summed E-state index contributed by atoms with van der Waals surface area (Å²) in [7, 11) is 5.83. The lowest BCUT2D eigenvalue weighted by Crippen LogP contribution is -2.39. The molecule has 0 unspecified atom stereocenters. The lowest BCUT2D eigenvalue weighted by atomic mass is 10.1. The van der Waals surface area contributed by atoms with Gasteiger partial charge in [0.15, 0.2) is 5.96 Å². The van der Waals surface area contributed by atoms with E-state index in [1.165, 1.54) is 16.8 Å². The molecule has 2 aromatic rings. The first-order chi connectivity index (χ1) is 13.5. The Balaban J connectivity index is 0.00000300. The Hall–Kier alpha value is -1.55. The summed E-state index contributed by atoms with van der Waals surface area (Å²) in [6, 6.07) is 10.4. The van der Waals surface area contributed by atoms with Crippen LogP contribution in [0.3, 0.4) is 0 Å². The van der Waals surface area contributed by atoms with Crippen LogP contribution in [0.15, 0.2) is 46.0 Å². The van der Waals surface area contributed by atoms with Gasteiger partial charge in [0.05, 0.1) is 6.54 Å². The van der Waals surface area contributed by atoms with Gasteiger partial charge in [0.25, 0.3) is 0 Å². The third-order valence-electron chi connectivity index (χ3n) is 5.09. The Morgan fingerprint density at radius 2 is 1.93 bits per heavy atom. The van der Waals surface area contributed by atoms with Gasteiger partial charge in [-0.15, -0.1) is 24.0 Å². The van der Waals surface area contributed by atoms with Gasteiger partial charge in [-0.3, -0.25) is 9.79 Å². The maximum absolute atomic E-state index is 12.5. The average Bonchev–Trinajstić information content (AvgIpc) is 3.24. The number of carbonyl (C=O) groups excluding carboxylic acids is 1. The number of nitrogens with one attached hydrogen (secondary N) is 1. The highest BCUT2D eigenvalue weighted by atomic mass is 127. The highest BCUT2D eigenvalue weighted by Gasteiger charge is 2.22. The molecule has 2 heterocycles. The lowest BCUT2D eigenvalue weighted by Gasteiger charge is -2.22. The molecule has 8 heteroatoms. The zero-order chi connectivity index (χ0) is 20.1. The molecule has 1 amide bonds. The fourth-order valence-corrected chi connectivity index (χ4v) is 4.10. The summed E-state index contributed by atoms with van der Waals surface area (Å²) in [5.41, 5.74) is 3.73. The van der Waals surface area contributed by atoms with Crippen molar-refractivity contribution >= 4 is 51.8 Å². The Kier molecular flexibility index (Phi) is 9.01. The summed E-state index contributed by atoms with van der Waals surface area (Å²) in [6.07, 6.45) is 3.38. The second-order valence-corrected chi connectivity index (χ2v) is 8.13. The largest absolute Gasteiger partial charge is 0.356 e. The Morgan fingerprint density at radius 1 is 1.28 bits per heavy atom. The van der Waals surface area contributed by atoms with Gasteiger partial charge in [-0.1, -0.05) is 24.3 Å². The first-order valence-electron chi connectivity index (χ1n) is 9.55. The number of rotatable bonds is 6. The SMILES string of the molecule is CN=C(NCCCC(=O)N1Cc2ccccc2C1)N(C)Cc1cc(Br)cn1C.I. The van der Waals surface area contributed by atoms with E-state index in [1.807, 2.05) is 37.3 Å². The number of halogens is 2. The number of aromatic nitrogens is 1. The molecule has 3 rings (SSSR count). The molecule has 0 bridgehead atoms. The van der Waals surface area contributed by atoms with E-state index in [0.717, 1.165) is 43.0 Å². The topological polar surface area (TPSA) is 52.9 Å². The van der Waals surface area contributed by atoms with Crippen LogP contribution in [0, 0.1) is 0 Å². The first-order valence-corrected chi connectivity index (χ1v) is 10.3. The zero-order valence-electron chi connectivity index (χ0n) is 17.2. The van der Waals surface area contributed by atoms with Crippen molar-refractivity contribution in [3.05, 3.63) is 57.8 Å². The molecular weight excluding hydrogens is 545 g/mol. The van der Waals surface area contributed by atoms with E-state index < -0.39 is 0 Å². The van der Waals surface area contributed by atoms with Gasteiger partial charge in [0.1, 0.15) is 0 Å². The summed E-state index contributed by atoms with van der Waals surface area (Å²) < 4.78 is 3.17. The highest BCUT2D eigenvalue weighted by Crippen LogP contribution is 2.22. The van der Waals surface area contributed by atoms with Crippen molar-refractivity contribution in [2.45, 2.75) is 32.5 Å². The molecule has 0 saturated heterocycles. The third-order valence-corrected chi connectivity index (χ3v) is 5.52. The lowest BCUT2D eigenvalue weighted by molar-refractivity contribution is -0.131. The van der Waals surface area contributed by atoms with Gasteiger partial charge in [-0.2, -0.15) is 0 Å². The zero-order valence-corrected chi connectivity index (χ0v) is 21.1. The van der Waals surface area contributed by atoms with E-state index in [0.29, 0.717) is 6.42 Å².